The number of hydrogen-bond donors (Lipinski definition) is 2. The van der Waals surface area contributed by atoms with Gasteiger partial charge < -0.3 is 20.3 Å². The summed E-state index contributed by atoms with van der Waals surface area (Å²) >= 11 is 0. The molecule has 0 aliphatic carbocycles. The predicted molar refractivity (Wildman–Crippen MR) is 123 cm³/mol. The van der Waals surface area contributed by atoms with Crippen molar-refractivity contribution in [3.63, 3.8) is 0 Å². The first-order valence-electron chi connectivity index (χ1n) is 11.1. The van der Waals surface area contributed by atoms with Crippen LogP contribution in [-0.4, -0.2) is 43.6 Å². The number of urea groups is 1. The van der Waals surface area contributed by atoms with E-state index < -0.39 is 0 Å². The van der Waals surface area contributed by atoms with Gasteiger partial charge in [0.25, 0.3) is 0 Å². The number of piperidine rings is 1. The molecule has 2 unspecified atom stereocenters. The van der Waals surface area contributed by atoms with Crippen LogP contribution >= 0.6 is 0 Å². The number of rotatable bonds is 7. The van der Waals surface area contributed by atoms with Gasteiger partial charge in [-0.1, -0.05) is 25.5 Å². The lowest BCUT2D eigenvalue weighted by atomic mass is 9.83. The first kappa shape index (κ1) is 23.6. The Balaban J connectivity index is 1.77. The number of carbonyl (C=O) groups is 2. The van der Waals surface area contributed by atoms with Crippen molar-refractivity contribution < 1.29 is 18.7 Å². The Labute approximate surface area is 189 Å². The summed E-state index contributed by atoms with van der Waals surface area (Å²) in [4.78, 5) is 27.6. The van der Waals surface area contributed by atoms with E-state index in [0.29, 0.717) is 43.1 Å². The molecular formula is C25H32FN3O3. The Hall–Kier alpha value is -3.09. The molecule has 0 aromatic heterocycles. The fourth-order valence-corrected chi connectivity index (χ4v) is 4.02. The Morgan fingerprint density at radius 3 is 2.56 bits per heavy atom. The molecule has 172 valence electrons. The second kappa shape index (κ2) is 11.0. The zero-order chi connectivity index (χ0) is 23.1. The largest absolute Gasteiger partial charge is 0.497 e. The molecule has 1 aliphatic heterocycles. The summed E-state index contributed by atoms with van der Waals surface area (Å²) in [6.07, 6.45) is 2.48. The van der Waals surface area contributed by atoms with Gasteiger partial charge in [-0.3, -0.25) is 4.79 Å². The highest BCUT2D eigenvalue weighted by atomic mass is 19.1. The monoisotopic (exact) mass is 441 g/mol. The third-order valence-corrected chi connectivity index (χ3v) is 5.93. The molecule has 0 spiro atoms. The van der Waals surface area contributed by atoms with Crippen molar-refractivity contribution in [3.05, 3.63) is 59.4 Å². The lowest BCUT2D eigenvalue weighted by Crippen LogP contribution is -2.50. The van der Waals surface area contributed by atoms with Crippen LogP contribution in [0.15, 0.2) is 42.5 Å². The van der Waals surface area contributed by atoms with Crippen molar-refractivity contribution >= 4 is 17.6 Å². The quantitative estimate of drug-likeness (QED) is 0.612. The molecule has 0 bridgehead atoms. The van der Waals surface area contributed by atoms with E-state index >= 15 is 0 Å². The van der Waals surface area contributed by atoms with Crippen LogP contribution in [0.3, 0.4) is 0 Å². The number of aryl methyl sites for hydroxylation is 1. The van der Waals surface area contributed by atoms with Crippen molar-refractivity contribution in [1.82, 2.24) is 10.2 Å². The van der Waals surface area contributed by atoms with Crippen molar-refractivity contribution in [3.8, 4) is 5.75 Å². The number of ether oxygens (including phenoxy) is 1. The number of likely N-dealkylation sites (tertiary alicyclic amines) is 1. The molecular weight excluding hydrogens is 409 g/mol. The molecule has 2 atom stereocenters. The first-order valence-corrected chi connectivity index (χ1v) is 11.1. The van der Waals surface area contributed by atoms with E-state index in [1.807, 2.05) is 6.07 Å². The van der Waals surface area contributed by atoms with Gasteiger partial charge in [-0.05, 0) is 61.2 Å². The minimum absolute atomic E-state index is 0.0495. The van der Waals surface area contributed by atoms with E-state index in [4.69, 9.17) is 4.74 Å². The molecule has 0 radical (unpaired) electrons. The summed E-state index contributed by atoms with van der Waals surface area (Å²) in [5.41, 5.74) is 2.18. The van der Waals surface area contributed by atoms with Gasteiger partial charge in [-0.25, -0.2) is 9.18 Å². The maximum absolute atomic E-state index is 13.8. The average molecular weight is 442 g/mol. The Kier molecular flexibility index (Phi) is 8.09. The van der Waals surface area contributed by atoms with E-state index in [1.165, 1.54) is 6.07 Å². The molecule has 2 aromatic carbocycles. The van der Waals surface area contributed by atoms with Crippen molar-refractivity contribution in [2.75, 3.05) is 32.1 Å². The van der Waals surface area contributed by atoms with Gasteiger partial charge in [0.15, 0.2) is 0 Å². The first-order chi connectivity index (χ1) is 15.4. The molecule has 1 heterocycles. The zero-order valence-corrected chi connectivity index (χ0v) is 19.0. The van der Waals surface area contributed by atoms with E-state index in [2.05, 4.69) is 17.6 Å². The topological polar surface area (TPSA) is 70.7 Å². The van der Waals surface area contributed by atoms with E-state index in [9.17, 15) is 14.0 Å². The molecule has 1 saturated heterocycles. The Morgan fingerprint density at radius 2 is 1.91 bits per heavy atom. The number of nitrogens with zero attached hydrogens (tertiary/aromatic N) is 1. The normalized spacial score (nSPS) is 18.2. The number of amides is 3. The van der Waals surface area contributed by atoms with Crippen LogP contribution in [0.4, 0.5) is 14.9 Å². The summed E-state index contributed by atoms with van der Waals surface area (Å²) in [5.74, 6) is -0.107. The third-order valence-electron chi connectivity index (χ3n) is 5.93. The lowest BCUT2D eigenvalue weighted by Gasteiger charge is -2.37. The molecule has 32 heavy (non-hydrogen) atoms. The Morgan fingerprint density at radius 1 is 1.16 bits per heavy atom. The number of nitrogens with one attached hydrogen (secondary N) is 2. The van der Waals surface area contributed by atoms with Crippen LogP contribution in [0.2, 0.25) is 0 Å². The maximum Gasteiger partial charge on any atom is 0.317 e. The molecule has 3 amide bonds. The SMILES string of the molecule is CCCCNC(=O)N1CC(C(=O)Nc2ccc(OC)cc2)CC(c2ccc(F)c(C)c2)C1. The molecule has 1 fully saturated rings. The summed E-state index contributed by atoms with van der Waals surface area (Å²) in [7, 11) is 1.59. The summed E-state index contributed by atoms with van der Waals surface area (Å²) in [5, 5.41) is 5.90. The highest BCUT2D eigenvalue weighted by molar-refractivity contribution is 5.93. The average Bonchev–Trinajstić information content (AvgIpc) is 2.81. The highest BCUT2D eigenvalue weighted by Gasteiger charge is 2.34. The fraction of sp³-hybridized carbons (Fsp3) is 0.440. The van der Waals surface area contributed by atoms with Crippen LogP contribution in [-0.2, 0) is 4.79 Å². The van der Waals surface area contributed by atoms with Gasteiger partial charge in [0, 0.05) is 31.2 Å². The molecule has 6 nitrogen and oxygen atoms in total. The third kappa shape index (κ3) is 5.99. The van der Waals surface area contributed by atoms with Gasteiger partial charge in [0.1, 0.15) is 11.6 Å². The summed E-state index contributed by atoms with van der Waals surface area (Å²) in [6.45, 7) is 5.24. The number of methoxy groups -OCH3 is 1. The number of halogens is 1. The smallest absolute Gasteiger partial charge is 0.317 e. The van der Waals surface area contributed by atoms with Crippen LogP contribution in [0.1, 0.15) is 43.2 Å². The molecule has 1 aliphatic rings. The van der Waals surface area contributed by atoms with Crippen molar-refractivity contribution in [2.45, 2.75) is 39.0 Å². The predicted octanol–water partition coefficient (Wildman–Crippen LogP) is 4.70. The molecule has 7 heteroatoms. The highest BCUT2D eigenvalue weighted by Crippen LogP contribution is 2.32. The molecule has 3 rings (SSSR count). The maximum atomic E-state index is 13.8. The lowest BCUT2D eigenvalue weighted by molar-refractivity contribution is -0.121. The van der Waals surface area contributed by atoms with Gasteiger partial charge in [0.2, 0.25) is 5.91 Å². The number of hydrogen-bond acceptors (Lipinski definition) is 3. The second-order valence-electron chi connectivity index (χ2n) is 8.35. The molecule has 2 aromatic rings. The Bertz CT molecular complexity index is 933. The van der Waals surface area contributed by atoms with E-state index in [0.717, 1.165) is 18.4 Å². The van der Waals surface area contributed by atoms with E-state index in [1.54, 1.807) is 49.3 Å². The van der Waals surface area contributed by atoms with Crippen LogP contribution in [0.25, 0.3) is 0 Å². The van der Waals surface area contributed by atoms with Crippen LogP contribution < -0.4 is 15.4 Å². The minimum atomic E-state index is -0.377. The van der Waals surface area contributed by atoms with Gasteiger partial charge in [-0.2, -0.15) is 0 Å². The van der Waals surface area contributed by atoms with E-state index in [-0.39, 0.29) is 29.6 Å². The van der Waals surface area contributed by atoms with Gasteiger partial charge >= 0.3 is 6.03 Å². The number of carbonyl (C=O) groups excluding carboxylic acids is 2. The second-order valence-corrected chi connectivity index (χ2v) is 8.35. The van der Waals surface area contributed by atoms with Gasteiger partial charge in [0.05, 0.1) is 13.0 Å². The minimum Gasteiger partial charge on any atom is -0.497 e. The van der Waals surface area contributed by atoms with Gasteiger partial charge in [-0.15, -0.1) is 0 Å². The number of benzene rings is 2. The molecule has 0 saturated carbocycles. The standard InChI is InChI=1S/C25H32FN3O3/c1-4-5-12-27-25(31)29-15-19(18-6-11-23(26)17(2)13-18)14-20(16-29)24(30)28-21-7-9-22(32-3)10-8-21/h6-11,13,19-20H,4-5,12,14-16H2,1-3H3,(H,27,31)(H,28,30). The van der Waals surface area contributed by atoms with Crippen LogP contribution in [0.5, 0.6) is 5.75 Å². The van der Waals surface area contributed by atoms with Crippen molar-refractivity contribution in [2.24, 2.45) is 5.92 Å². The fourth-order valence-electron chi connectivity index (χ4n) is 4.02. The summed E-state index contributed by atoms with van der Waals surface area (Å²) < 4.78 is 19.0. The number of unbranched alkanes of at least 4 members (excludes halogenated alkanes) is 1. The van der Waals surface area contributed by atoms with Crippen LogP contribution in [0, 0.1) is 18.7 Å². The molecule has 2 N–H and O–H groups in total. The summed E-state index contributed by atoms with van der Waals surface area (Å²) in [6, 6.07) is 12.0. The van der Waals surface area contributed by atoms with Crippen molar-refractivity contribution in [1.29, 1.82) is 0 Å². The number of anilines is 1. The zero-order valence-electron chi connectivity index (χ0n) is 19.0.